The number of carbonyl (C=O) groups excluding carboxylic acids is 1. The third-order valence-electron chi connectivity index (χ3n) is 3.46. The first kappa shape index (κ1) is 13.9. The van der Waals surface area contributed by atoms with Gasteiger partial charge in [-0.3, -0.25) is 4.79 Å². The number of hydrogen-bond acceptors (Lipinski definition) is 3. The van der Waals surface area contributed by atoms with Gasteiger partial charge in [-0.1, -0.05) is 32.9 Å². The number of nitrogens with zero attached hydrogens (tertiary/aromatic N) is 1. The number of nitrogens with two attached hydrogens (primary N) is 1. The van der Waals surface area contributed by atoms with E-state index in [0.717, 1.165) is 17.0 Å². The quantitative estimate of drug-likeness (QED) is 0.887. The lowest BCUT2D eigenvalue weighted by molar-refractivity contribution is -0.126. The molecule has 2 N–H and O–H groups in total. The largest absolute Gasteiger partial charge is 0.478 e. The molecule has 0 bridgehead atoms. The van der Waals surface area contributed by atoms with Gasteiger partial charge in [-0.25, -0.2) is 0 Å². The zero-order valence-corrected chi connectivity index (χ0v) is 12.1. The first-order valence-electron chi connectivity index (χ1n) is 6.64. The van der Waals surface area contributed by atoms with Crippen LogP contribution in [0.25, 0.3) is 0 Å². The highest BCUT2D eigenvalue weighted by Crippen LogP contribution is 2.41. The molecule has 0 aromatic heterocycles. The Kier molecular flexibility index (Phi) is 3.54. The molecule has 0 saturated heterocycles. The lowest BCUT2D eigenvalue weighted by Gasteiger charge is -2.35. The van der Waals surface area contributed by atoms with E-state index < -0.39 is 6.10 Å². The smallest absolute Gasteiger partial charge is 0.267 e. The van der Waals surface area contributed by atoms with E-state index in [1.165, 1.54) is 0 Å². The molecule has 0 saturated carbocycles. The first-order chi connectivity index (χ1) is 8.86. The van der Waals surface area contributed by atoms with E-state index in [1.54, 1.807) is 11.9 Å². The first-order valence-corrected chi connectivity index (χ1v) is 6.64. The summed E-state index contributed by atoms with van der Waals surface area (Å²) in [6.07, 6.45) is 0.0761. The molecule has 1 aromatic carbocycles. The summed E-state index contributed by atoms with van der Waals surface area (Å²) in [6.45, 7) is 6.86. The summed E-state index contributed by atoms with van der Waals surface area (Å²) < 4.78 is 5.94. The zero-order chi connectivity index (χ0) is 14.2. The molecular weight excluding hydrogens is 240 g/mol. The third-order valence-corrected chi connectivity index (χ3v) is 3.46. The summed E-state index contributed by atoms with van der Waals surface area (Å²) in [5.74, 6) is 0.791. The highest BCUT2D eigenvalue weighted by molar-refractivity contribution is 5.99. The Morgan fingerprint density at radius 3 is 2.63 bits per heavy atom. The van der Waals surface area contributed by atoms with Crippen molar-refractivity contribution in [3.05, 3.63) is 23.8 Å². The standard InChI is InChI=1S/C15H22N2O2/c1-15(2,3)10-6-5-7-11-13(10)19-12(8-9-16)14(18)17(11)4/h5-7,12H,8-9,16H2,1-4H3. The summed E-state index contributed by atoms with van der Waals surface area (Å²) in [7, 11) is 1.79. The Bertz CT molecular complexity index is 491. The molecule has 2 rings (SSSR count). The molecule has 0 fully saturated rings. The molecule has 1 aliphatic rings. The molecule has 0 radical (unpaired) electrons. The lowest BCUT2D eigenvalue weighted by Crippen LogP contribution is -2.45. The van der Waals surface area contributed by atoms with Crippen molar-refractivity contribution in [3.63, 3.8) is 0 Å². The monoisotopic (exact) mass is 262 g/mol. The second-order valence-corrected chi connectivity index (χ2v) is 5.98. The van der Waals surface area contributed by atoms with Crippen LogP contribution in [0.2, 0.25) is 0 Å². The van der Waals surface area contributed by atoms with Gasteiger partial charge in [-0.15, -0.1) is 0 Å². The van der Waals surface area contributed by atoms with Crippen molar-refractivity contribution in [1.29, 1.82) is 0 Å². The Morgan fingerprint density at radius 2 is 2.05 bits per heavy atom. The zero-order valence-electron chi connectivity index (χ0n) is 12.1. The summed E-state index contributed by atoms with van der Waals surface area (Å²) in [6, 6.07) is 5.94. The number of carbonyl (C=O) groups is 1. The van der Waals surface area contributed by atoms with E-state index in [4.69, 9.17) is 10.5 Å². The van der Waals surface area contributed by atoms with Gasteiger partial charge in [-0.05, 0) is 18.0 Å². The molecule has 4 heteroatoms. The Hall–Kier alpha value is -1.55. The molecule has 19 heavy (non-hydrogen) atoms. The van der Waals surface area contributed by atoms with Crippen LogP contribution in [0.3, 0.4) is 0 Å². The number of rotatable bonds is 2. The van der Waals surface area contributed by atoms with Gasteiger partial charge < -0.3 is 15.4 Å². The molecule has 0 spiro atoms. The highest BCUT2D eigenvalue weighted by atomic mass is 16.5. The number of benzene rings is 1. The average Bonchev–Trinajstić information content (AvgIpc) is 2.34. The minimum absolute atomic E-state index is 0.0241. The van der Waals surface area contributed by atoms with E-state index >= 15 is 0 Å². The van der Waals surface area contributed by atoms with Crippen molar-refractivity contribution >= 4 is 11.6 Å². The Labute approximate surface area is 114 Å². The molecule has 1 atom stereocenters. The normalized spacial score (nSPS) is 19.1. The molecule has 1 heterocycles. The molecule has 4 nitrogen and oxygen atoms in total. The molecule has 1 unspecified atom stereocenters. The maximum Gasteiger partial charge on any atom is 0.267 e. The maximum absolute atomic E-state index is 12.2. The van der Waals surface area contributed by atoms with Crippen LogP contribution in [0.15, 0.2) is 18.2 Å². The van der Waals surface area contributed by atoms with E-state index in [0.29, 0.717) is 13.0 Å². The molecule has 0 aliphatic carbocycles. The topological polar surface area (TPSA) is 55.6 Å². The summed E-state index contributed by atoms with van der Waals surface area (Å²) >= 11 is 0. The minimum atomic E-state index is -0.467. The fraction of sp³-hybridized carbons (Fsp3) is 0.533. The SMILES string of the molecule is CN1C(=O)C(CCN)Oc2c1cccc2C(C)(C)C. The van der Waals surface area contributed by atoms with Gasteiger partial charge in [0.1, 0.15) is 5.75 Å². The van der Waals surface area contributed by atoms with Gasteiger partial charge >= 0.3 is 0 Å². The van der Waals surface area contributed by atoms with Crippen LogP contribution in [0, 0.1) is 0 Å². The number of ether oxygens (including phenoxy) is 1. The van der Waals surface area contributed by atoms with Gasteiger partial charge in [-0.2, -0.15) is 0 Å². The highest BCUT2D eigenvalue weighted by Gasteiger charge is 2.34. The predicted molar refractivity (Wildman–Crippen MR) is 76.6 cm³/mol. The minimum Gasteiger partial charge on any atom is -0.478 e. The van der Waals surface area contributed by atoms with Gasteiger partial charge in [0.05, 0.1) is 5.69 Å². The number of amides is 1. The van der Waals surface area contributed by atoms with Crippen molar-refractivity contribution in [3.8, 4) is 5.75 Å². The molecule has 1 amide bonds. The van der Waals surface area contributed by atoms with Gasteiger partial charge in [0.2, 0.25) is 0 Å². The van der Waals surface area contributed by atoms with Crippen LogP contribution >= 0.6 is 0 Å². The second kappa shape index (κ2) is 4.85. The molecule has 1 aromatic rings. The molecule has 1 aliphatic heterocycles. The predicted octanol–water partition coefficient (Wildman–Crippen LogP) is 2.06. The van der Waals surface area contributed by atoms with Gasteiger partial charge in [0, 0.05) is 19.0 Å². The van der Waals surface area contributed by atoms with Crippen LogP contribution in [0.1, 0.15) is 32.8 Å². The fourth-order valence-electron chi connectivity index (χ4n) is 2.36. The number of likely N-dealkylation sites (N-methyl/N-ethyl adjacent to an activating group) is 1. The van der Waals surface area contributed by atoms with Crippen molar-refractivity contribution in [2.75, 3.05) is 18.5 Å². The van der Waals surface area contributed by atoms with Crippen molar-refractivity contribution in [1.82, 2.24) is 0 Å². The van der Waals surface area contributed by atoms with E-state index in [9.17, 15) is 4.79 Å². The number of para-hydroxylation sites is 1. The van der Waals surface area contributed by atoms with Crippen molar-refractivity contribution < 1.29 is 9.53 Å². The average molecular weight is 262 g/mol. The summed E-state index contributed by atoms with van der Waals surface area (Å²) in [5, 5.41) is 0. The van der Waals surface area contributed by atoms with E-state index in [-0.39, 0.29) is 11.3 Å². The van der Waals surface area contributed by atoms with E-state index in [2.05, 4.69) is 26.8 Å². The summed E-state index contributed by atoms with van der Waals surface area (Å²) in [5.41, 5.74) is 7.49. The van der Waals surface area contributed by atoms with Gasteiger partial charge in [0.15, 0.2) is 6.10 Å². The number of anilines is 1. The lowest BCUT2D eigenvalue weighted by atomic mass is 9.85. The molecule has 104 valence electrons. The molecular formula is C15H22N2O2. The van der Waals surface area contributed by atoms with Crippen LogP contribution in [0.4, 0.5) is 5.69 Å². The van der Waals surface area contributed by atoms with Gasteiger partial charge in [0.25, 0.3) is 5.91 Å². The second-order valence-electron chi connectivity index (χ2n) is 5.98. The fourth-order valence-corrected chi connectivity index (χ4v) is 2.36. The van der Waals surface area contributed by atoms with Crippen LogP contribution in [-0.2, 0) is 10.2 Å². The van der Waals surface area contributed by atoms with Crippen LogP contribution in [0.5, 0.6) is 5.75 Å². The Balaban J connectivity index is 2.50. The Morgan fingerprint density at radius 1 is 1.37 bits per heavy atom. The van der Waals surface area contributed by atoms with Crippen LogP contribution in [-0.4, -0.2) is 25.6 Å². The van der Waals surface area contributed by atoms with Crippen LogP contribution < -0.4 is 15.4 Å². The number of fused-ring (bicyclic) bond motifs is 1. The summed E-state index contributed by atoms with van der Waals surface area (Å²) in [4.78, 5) is 13.9. The van der Waals surface area contributed by atoms with E-state index in [1.807, 2.05) is 12.1 Å². The third kappa shape index (κ3) is 2.45. The number of hydrogen-bond donors (Lipinski definition) is 1. The van der Waals surface area contributed by atoms with Crippen molar-refractivity contribution in [2.45, 2.75) is 38.7 Å². The van der Waals surface area contributed by atoms with Crippen molar-refractivity contribution in [2.24, 2.45) is 5.73 Å². The maximum atomic E-state index is 12.2.